The first-order valence-corrected chi connectivity index (χ1v) is 3.84. The Morgan fingerprint density at radius 1 is 1.27 bits per heavy atom. The summed E-state index contributed by atoms with van der Waals surface area (Å²) in [7, 11) is 1.87. The first kappa shape index (κ1) is 10.0. The van der Waals surface area contributed by atoms with Gasteiger partial charge in [-0.05, 0) is 13.1 Å². The number of aromatic nitrogens is 2. The largest absolute Gasteiger partial charge is 0.313 e. The first-order chi connectivity index (χ1) is 5.43. The standard InChI is InChI=1S/C6H9N3.C2H6/c1-7-5-6-8-3-2-4-9-6;1-2/h2-4,7H,5H2,1H3;1-2H3. The minimum Gasteiger partial charge on any atom is -0.313 e. The van der Waals surface area contributed by atoms with Gasteiger partial charge >= 0.3 is 0 Å². The lowest BCUT2D eigenvalue weighted by Gasteiger charge is -1.93. The Kier molecular flexibility index (Phi) is 6.53. The van der Waals surface area contributed by atoms with Crippen LogP contribution in [0.25, 0.3) is 0 Å². The minimum atomic E-state index is 0.737. The summed E-state index contributed by atoms with van der Waals surface area (Å²) in [6, 6.07) is 1.80. The van der Waals surface area contributed by atoms with Gasteiger partial charge in [0.05, 0.1) is 6.54 Å². The number of hydrogen-bond acceptors (Lipinski definition) is 3. The fourth-order valence-corrected chi connectivity index (χ4v) is 0.579. The van der Waals surface area contributed by atoms with E-state index in [4.69, 9.17) is 0 Å². The summed E-state index contributed by atoms with van der Waals surface area (Å²) < 4.78 is 0. The lowest BCUT2D eigenvalue weighted by atomic mass is 10.5. The summed E-state index contributed by atoms with van der Waals surface area (Å²) in [4.78, 5) is 7.99. The van der Waals surface area contributed by atoms with Crippen LogP contribution < -0.4 is 5.32 Å². The van der Waals surface area contributed by atoms with Crippen LogP contribution in [0, 0.1) is 0 Å². The number of nitrogens with one attached hydrogen (secondary N) is 1. The van der Waals surface area contributed by atoms with Crippen molar-refractivity contribution in [2.75, 3.05) is 7.05 Å². The Bertz CT molecular complexity index is 162. The lowest BCUT2D eigenvalue weighted by Crippen LogP contribution is -2.07. The number of hydrogen-bond donors (Lipinski definition) is 1. The highest BCUT2D eigenvalue weighted by Gasteiger charge is 1.87. The summed E-state index contributed by atoms with van der Waals surface area (Å²) in [6.45, 7) is 4.74. The molecular weight excluding hydrogens is 138 g/mol. The molecule has 0 fully saturated rings. The molecule has 62 valence electrons. The van der Waals surface area contributed by atoms with Crippen LogP contribution in [0.3, 0.4) is 0 Å². The molecule has 0 aromatic carbocycles. The molecule has 1 heterocycles. The van der Waals surface area contributed by atoms with E-state index in [2.05, 4.69) is 15.3 Å². The molecule has 1 rings (SSSR count). The van der Waals surface area contributed by atoms with Crippen molar-refractivity contribution in [1.29, 1.82) is 0 Å². The zero-order valence-electron chi connectivity index (χ0n) is 7.33. The smallest absolute Gasteiger partial charge is 0.141 e. The molecular formula is C8H15N3. The van der Waals surface area contributed by atoms with Crippen LogP contribution >= 0.6 is 0 Å². The van der Waals surface area contributed by atoms with E-state index in [1.165, 1.54) is 0 Å². The van der Waals surface area contributed by atoms with E-state index >= 15 is 0 Å². The molecule has 1 aromatic rings. The lowest BCUT2D eigenvalue weighted by molar-refractivity contribution is 0.758. The van der Waals surface area contributed by atoms with Gasteiger partial charge in [-0.2, -0.15) is 0 Å². The summed E-state index contributed by atoms with van der Waals surface area (Å²) in [6.07, 6.45) is 3.47. The van der Waals surface area contributed by atoms with Crippen LogP contribution in [0.5, 0.6) is 0 Å². The molecule has 0 saturated heterocycles. The molecule has 0 aliphatic rings. The van der Waals surface area contributed by atoms with Gasteiger partial charge in [-0.25, -0.2) is 9.97 Å². The molecule has 0 atom stereocenters. The van der Waals surface area contributed by atoms with Gasteiger partial charge in [-0.3, -0.25) is 0 Å². The van der Waals surface area contributed by atoms with Crippen LogP contribution in [-0.2, 0) is 6.54 Å². The van der Waals surface area contributed by atoms with E-state index in [0.29, 0.717) is 0 Å². The summed E-state index contributed by atoms with van der Waals surface area (Å²) in [5.41, 5.74) is 0. The van der Waals surface area contributed by atoms with Crippen LogP contribution in [-0.4, -0.2) is 17.0 Å². The number of rotatable bonds is 2. The average molecular weight is 153 g/mol. The van der Waals surface area contributed by atoms with Crippen LogP contribution in [0.15, 0.2) is 18.5 Å². The number of nitrogens with zero attached hydrogens (tertiary/aromatic N) is 2. The third-order valence-corrected chi connectivity index (χ3v) is 0.954. The molecule has 0 spiro atoms. The monoisotopic (exact) mass is 153 g/mol. The van der Waals surface area contributed by atoms with E-state index < -0.39 is 0 Å². The minimum absolute atomic E-state index is 0.737. The Labute approximate surface area is 67.9 Å². The van der Waals surface area contributed by atoms with Crippen molar-refractivity contribution < 1.29 is 0 Å². The Morgan fingerprint density at radius 2 is 1.82 bits per heavy atom. The van der Waals surface area contributed by atoms with Gasteiger partial charge in [0.25, 0.3) is 0 Å². The zero-order chi connectivity index (χ0) is 8.53. The molecule has 11 heavy (non-hydrogen) atoms. The maximum absolute atomic E-state index is 3.99. The van der Waals surface area contributed by atoms with Crippen molar-refractivity contribution >= 4 is 0 Å². The fourth-order valence-electron chi connectivity index (χ4n) is 0.579. The summed E-state index contributed by atoms with van der Waals surface area (Å²) >= 11 is 0. The second kappa shape index (κ2) is 7.15. The summed E-state index contributed by atoms with van der Waals surface area (Å²) in [5.74, 6) is 0.833. The first-order valence-electron chi connectivity index (χ1n) is 3.84. The van der Waals surface area contributed by atoms with Gasteiger partial charge in [0, 0.05) is 12.4 Å². The third kappa shape index (κ3) is 4.44. The van der Waals surface area contributed by atoms with Crippen LogP contribution in [0.1, 0.15) is 19.7 Å². The van der Waals surface area contributed by atoms with Crippen molar-refractivity contribution in [3.05, 3.63) is 24.3 Å². The van der Waals surface area contributed by atoms with E-state index in [-0.39, 0.29) is 0 Å². The quantitative estimate of drug-likeness (QED) is 0.694. The van der Waals surface area contributed by atoms with E-state index in [0.717, 1.165) is 12.4 Å². The van der Waals surface area contributed by atoms with Gasteiger partial charge in [-0.15, -0.1) is 0 Å². The van der Waals surface area contributed by atoms with Crippen molar-refractivity contribution in [2.24, 2.45) is 0 Å². The Morgan fingerprint density at radius 3 is 2.27 bits per heavy atom. The molecule has 0 saturated carbocycles. The van der Waals surface area contributed by atoms with Gasteiger partial charge in [0.15, 0.2) is 0 Å². The molecule has 0 aliphatic carbocycles. The predicted octanol–water partition coefficient (Wildman–Crippen LogP) is 1.22. The molecule has 0 unspecified atom stereocenters. The average Bonchev–Trinajstić information content (AvgIpc) is 2.11. The molecule has 0 bridgehead atoms. The summed E-state index contributed by atoms with van der Waals surface area (Å²) in [5, 5.41) is 2.96. The zero-order valence-corrected chi connectivity index (χ0v) is 7.33. The van der Waals surface area contributed by atoms with Crippen molar-refractivity contribution in [3.63, 3.8) is 0 Å². The maximum Gasteiger partial charge on any atom is 0.141 e. The van der Waals surface area contributed by atoms with Gasteiger partial charge in [0.1, 0.15) is 5.82 Å². The molecule has 1 aromatic heterocycles. The second-order valence-corrected chi connectivity index (χ2v) is 1.70. The highest BCUT2D eigenvalue weighted by molar-refractivity contribution is 4.87. The van der Waals surface area contributed by atoms with Gasteiger partial charge in [-0.1, -0.05) is 13.8 Å². The van der Waals surface area contributed by atoms with E-state index in [1.807, 2.05) is 20.9 Å². The van der Waals surface area contributed by atoms with E-state index in [1.54, 1.807) is 18.5 Å². The Balaban J connectivity index is 0.000000461. The van der Waals surface area contributed by atoms with Crippen molar-refractivity contribution in [3.8, 4) is 0 Å². The normalized spacial score (nSPS) is 8.27. The van der Waals surface area contributed by atoms with Gasteiger partial charge in [0.2, 0.25) is 0 Å². The molecule has 1 N–H and O–H groups in total. The molecule has 3 nitrogen and oxygen atoms in total. The maximum atomic E-state index is 3.99. The fraction of sp³-hybridized carbons (Fsp3) is 0.500. The second-order valence-electron chi connectivity index (χ2n) is 1.70. The van der Waals surface area contributed by atoms with Crippen molar-refractivity contribution in [1.82, 2.24) is 15.3 Å². The third-order valence-electron chi connectivity index (χ3n) is 0.954. The van der Waals surface area contributed by atoms with Gasteiger partial charge < -0.3 is 5.32 Å². The highest BCUT2D eigenvalue weighted by Crippen LogP contribution is 1.83. The SMILES string of the molecule is CC.CNCc1ncccn1. The van der Waals surface area contributed by atoms with Crippen molar-refractivity contribution in [2.45, 2.75) is 20.4 Å². The highest BCUT2D eigenvalue weighted by atomic mass is 14.9. The van der Waals surface area contributed by atoms with Crippen LogP contribution in [0.2, 0.25) is 0 Å². The molecule has 3 heteroatoms. The Hall–Kier alpha value is -0.960. The topological polar surface area (TPSA) is 37.8 Å². The molecule has 0 aliphatic heterocycles. The predicted molar refractivity (Wildman–Crippen MR) is 46.1 cm³/mol. The van der Waals surface area contributed by atoms with E-state index in [9.17, 15) is 0 Å². The molecule has 0 radical (unpaired) electrons. The van der Waals surface area contributed by atoms with Crippen LogP contribution in [0.4, 0.5) is 0 Å². The molecule has 0 amide bonds.